The molecule has 0 aliphatic rings. The van der Waals surface area contributed by atoms with Gasteiger partial charge in [-0.1, -0.05) is 41.4 Å². The number of amides is 1. The summed E-state index contributed by atoms with van der Waals surface area (Å²) in [4.78, 5) is 28.6. The van der Waals surface area contributed by atoms with E-state index in [-0.39, 0.29) is 18.7 Å². The summed E-state index contributed by atoms with van der Waals surface area (Å²) in [7, 11) is 0. The zero-order valence-electron chi connectivity index (χ0n) is 14.5. The Balaban J connectivity index is 1.80. The lowest BCUT2D eigenvalue weighted by Gasteiger charge is -2.04. The average molecular weight is 401 g/mol. The van der Waals surface area contributed by atoms with E-state index in [0.29, 0.717) is 26.3 Å². The lowest BCUT2D eigenvalue weighted by molar-refractivity contribution is -0.136. The molecule has 3 rings (SSSR count). The Kier molecular flexibility index (Phi) is 5.88. The van der Waals surface area contributed by atoms with Crippen molar-refractivity contribution in [2.75, 3.05) is 5.32 Å². The summed E-state index contributed by atoms with van der Waals surface area (Å²) in [6.07, 6.45) is -0.0615. The maximum atomic E-state index is 12.3. The van der Waals surface area contributed by atoms with E-state index in [1.807, 2.05) is 31.2 Å². The molecular weight excluding hydrogens is 384 g/mol. The maximum Gasteiger partial charge on any atom is 0.308 e. The standard InChI is InChI=1S/C20H17ClN2O3S/c1-12-2-8-15(9-3-12)22-17(24)11-18-23-20(16(27-18)10-19(25)26)13-4-6-14(21)7-5-13/h2-9H,10-11H2,1H3,(H,22,24)(H,25,26). The summed E-state index contributed by atoms with van der Waals surface area (Å²) in [5.74, 6) is -1.14. The first-order chi connectivity index (χ1) is 12.9. The number of carboxylic acid groups (broad SMARTS) is 1. The van der Waals surface area contributed by atoms with E-state index >= 15 is 0 Å². The summed E-state index contributed by atoms with van der Waals surface area (Å²) < 4.78 is 0. The molecule has 0 saturated carbocycles. The van der Waals surface area contributed by atoms with Crippen molar-refractivity contribution in [1.29, 1.82) is 0 Å². The number of hydrogen-bond acceptors (Lipinski definition) is 4. The Hall–Kier alpha value is -2.70. The van der Waals surface area contributed by atoms with Crippen LogP contribution in [0.4, 0.5) is 5.69 Å². The van der Waals surface area contributed by atoms with Crippen LogP contribution in [0.1, 0.15) is 15.4 Å². The van der Waals surface area contributed by atoms with Crippen LogP contribution in [0.25, 0.3) is 11.3 Å². The van der Waals surface area contributed by atoms with Gasteiger partial charge in [-0.2, -0.15) is 0 Å². The first-order valence-corrected chi connectivity index (χ1v) is 9.43. The average Bonchev–Trinajstić information content (AvgIpc) is 2.99. The van der Waals surface area contributed by atoms with E-state index in [9.17, 15) is 9.59 Å². The molecule has 7 heteroatoms. The molecule has 0 saturated heterocycles. The molecule has 2 N–H and O–H groups in total. The molecule has 27 heavy (non-hydrogen) atoms. The predicted molar refractivity (Wildman–Crippen MR) is 107 cm³/mol. The number of halogens is 1. The Morgan fingerprint density at radius 2 is 1.74 bits per heavy atom. The molecule has 0 spiro atoms. The summed E-state index contributed by atoms with van der Waals surface area (Å²) in [6, 6.07) is 14.5. The van der Waals surface area contributed by atoms with Crippen molar-refractivity contribution in [3.05, 3.63) is 69.0 Å². The van der Waals surface area contributed by atoms with Crippen LogP contribution in [-0.4, -0.2) is 22.0 Å². The zero-order chi connectivity index (χ0) is 19.4. The minimum absolute atomic E-state index is 0.0821. The third-order valence-corrected chi connectivity index (χ3v) is 5.13. The van der Waals surface area contributed by atoms with E-state index in [1.165, 1.54) is 11.3 Å². The van der Waals surface area contributed by atoms with Crippen molar-refractivity contribution in [2.24, 2.45) is 0 Å². The molecule has 0 atom stereocenters. The van der Waals surface area contributed by atoms with Gasteiger partial charge in [0, 0.05) is 21.2 Å². The fraction of sp³-hybridized carbons (Fsp3) is 0.150. The Labute approximate surface area is 165 Å². The number of carbonyl (C=O) groups excluding carboxylic acids is 1. The van der Waals surface area contributed by atoms with Gasteiger partial charge in [-0.3, -0.25) is 9.59 Å². The van der Waals surface area contributed by atoms with E-state index in [0.717, 1.165) is 11.1 Å². The van der Waals surface area contributed by atoms with Gasteiger partial charge in [0.05, 0.1) is 18.5 Å². The number of anilines is 1. The second-order valence-corrected chi connectivity index (χ2v) is 7.65. The first-order valence-electron chi connectivity index (χ1n) is 8.23. The highest BCUT2D eigenvalue weighted by Gasteiger charge is 2.17. The van der Waals surface area contributed by atoms with Crippen LogP contribution in [0.5, 0.6) is 0 Å². The van der Waals surface area contributed by atoms with Crippen LogP contribution in [0, 0.1) is 6.92 Å². The summed E-state index contributed by atoms with van der Waals surface area (Å²) >= 11 is 7.16. The molecular formula is C20H17ClN2O3S. The molecule has 0 radical (unpaired) electrons. The minimum Gasteiger partial charge on any atom is -0.481 e. The van der Waals surface area contributed by atoms with Gasteiger partial charge in [0.15, 0.2) is 0 Å². The van der Waals surface area contributed by atoms with Gasteiger partial charge in [-0.15, -0.1) is 11.3 Å². The van der Waals surface area contributed by atoms with Crippen LogP contribution < -0.4 is 5.32 Å². The quantitative estimate of drug-likeness (QED) is 0.634. The van der Waals surface area contributed by atoms with Crippen molar-refractivity contribution in [3.63, 3.8) is 0 Å². The lowest BCUT2D eigenvalue weighted by Crippen LogP contribution is -2.14. The topological polar surface area (TPSA) is 79.3 Å². The highest BCUT2D eigenvalue weighted by atomic mass is 35.5. The van der Waals surface area contributed by atoms with Crippen LogP contribution in [-0.2, 0) is 22.4 Å². The molecule has 0 aliphatic carbocycles. The predicted octanol–water partition coefficient (Wildman–Crippen LogP) is 4.58. The minimum atomic E-state index is -0.940. The van der Waals surface area contributed by atoms with Crippen LogP contribution in [0.3, 0.4) is 0 Å². The van der Waals surface area contributed by atoms with E-state index in [2.05, 4.69) is 10.3 Å². The van der Waals surface area contributed by atoms with Crippen LogP contribution in [0.2, 0.25) is 5.02 Å². The molecule has 1 aromatic heterocycles. The molecule has 1 heterocycles. The molecule has 0 unspecified atom stereocenters. The van der Waals surface area contributed by atoms with Gasteiger partial charge in [-0.25, -0.2) is 4.98 Å². The van der Waals surface area contributed by atoms with Crippen LogP contribution in [0.15, 0.2) is 48.5 Å². The number of carbonyl (C=O) groups is 2. The number of rotatable bonds is 6. The van der Waals surface area contributed by atoms with E-state index in [1.54, 1.807) is 24.3 Å². The summed E-state index contributed by atoms with van der Waals surface area (Å²) in [6.45, 7) is 1.98. The van der Waals surface area contributed by atoms with Gasteiger partial charge in [0.25, 0.3) is 0 Å². The maximum absolute atomic E-state index is 12.3. The number of benzene rings is 2. The number of aryl methyl sites for hydroxylation is 1. The molecule has 0 aliphatic heterocycles. The third-order valence-electron chi connectivity index (χ3n) is 3.82. The number of aliphatic carboxylic acids is 1. The molecule has 1 amide bonds. The number of nitrogens with zero attached hydrogens (tertiary/aromatic N) is 1. The van der Waals surface area contributed by atoms with Gasteiger partial charge >= 0.3 is 5.97 Å². The van der Waals surface area contributed by atoms with Gasteiger partial charge in [0.2, 0.25) is 5.91 Å². The molecule has 0 bridgehead atoms. The number of nitrogens with one attached hydrogen (secondary N) is 1. The van der Waals surface area contributed by atoms with Crippen molar-refractivity contribution in [2.45, 2.75) is 19.8 Å². The number of carboxylic acids is 1. The molecule has 138 valence electrons. The largest absolute Gasteiger partial charge is 0.481 e. The number of aromatic nitrogens is 1. The van der Waals surface area contributed by atoms with Crippen molar-refractivity contribution in [1.82, 2.24) is 4.98 Å². The normalized spacial score (nSPS) is 10.6. The SMILES string of the molecule is Cc1ccc(NC(=O)Cc2nc(-c3ccc(Cl)cc3)c(CC(=O)O)s2)cc1. The number of thiazole rings is 1. The fourth-order valence-electron chi connectivity index (χ4n) is 2.55. The molecule has 3 aromatic rings. The smallest absolute Gasteiger partial charge is 0.308 e. The van der Waals surface area contributed by atoms with Gasteiger partial charge in [-0.05, 0) is 31.2 Å². The number of hydrogen-bond donors (Lipinski definition) is 2. The van der Waals surface area contributed by atoms with E-state index in [4.69, 9.17) is 16.7 Å². The van der Waals surface area contributed by atoms with Gasteiger partial charge < -0.3 is 10.4 Å². The van der Waals surface area contributed by atoms with Crippen LogP contribution >= 0.6 is 22.9 Å². The van der Waals surface area contributed by atoms with Crippen molar-refractivity contribution < 1.29 is 14.7 Å². The Morgan fingerprint density at radius 3 is 2.37 bits per heavy atom. The highest BCUT2D eigenvalue weighted by molar-refractivity contribution is 7.12. The Morgan fingerprint density at radius 1 is 1.07 bits per heavy atom. The van der Waals surface area contributed by atoms with Crippen molar-refractivity contribution >= 4 is 40.5 Å². The lowest BCUT2D eigenvalue weighted by atomic mass is 10.1. The zero-order valence-corrected chi connectivity index (χ0v) is 16.1. The molecule has 0 fully saturated rings. The van der Waals surface area contributed by atoms with Crippen molar-refractivity contribution in [3.8, 4) is 11.3 Å². The monoisotopic (exact) mass is 400 g/mol. The molecule has 5 nitrogen and oxygen atoms in total. The summed E-state index contributed by atoms with van der Waals surface area (Å²) in [5, 5.41) is 13.2. The second kappa shape index (κ2) is 8.33. The van der Waals surface area contributed by atoms with E-state index < -0.39 is 5.97 Å². The Bertz CT molecular complexity index is 966. The third kappa shape index (κ3) is 5.15. The second-order valence-electron chi connectivity index (χ2n) is 6.05. The molecule has 2 aromatic carbocycles. The fourth-order valence-corrected chi connectivity index (χ4v) is 3.75. The first kappa shape index (κ1) is 19.1. The highest BCUT2D eigenvalue weighted by Crippen LogP contribution is 2.30. The summed E-state index contributed by atoms with van der Waals surface area (Å²) in [5.41, 5.74) is 3.18. The van der Waals surface area contributed by atoms with Gasteiger partial charge in [0.1, 0.15) is 5.01 Å².